The first-order valence-electron chi connectivity index (χ1n) is 55.1. The number of H-pyrrole nitrogens is 4. The minimum Gasteiger partial charge on any atom is -0.453 e. The van der Waals surface area contributed by atoms with Gasteiger partial charge in [0.2, 0.25) is 23.6 Å². The van der Waals surface area contributed by atoms with E-state index in [1.54, 1.807) is 13.8 Å². The maximum absolute atomic E-state index is 14.5. The fourth-order valence-electron chi connectivity index (χ4n) is 27.6. The number of hydrogen-bond donors (Lipinski definition) is 6. The molecule has 12 aromatic rings. The van der Waals surface area contributed by atoms with Crippen LogP contribution in [0.15, 0.2) is 146 Å². The number of aromatic nitrogens is 8. The third-order valence-corrected chi connectivity index (χ3v) is 35.3. The largest absolute Gasteiger partial charge is 0.453 e. The Balaban J connectivity index is 0.000000184. The van der Waals surface area contributed by atoms with Gasteiger partial charge in [0.1, 0.15) is 46.9 Å². The third kappa shape index (κ3) is 20.8. The Labute approximate surface area is 872 Å². The second-order valence-electron chi connectivity index (χ2n) is 46.0. The number of nitrogens with one attached hydrogen (secondary N) is 6. The molecule has 0 spiro atoms. The van der Waals surface area contributed by atoms with E-state index in [0.29, 0.717) is 23.7 Å². The number of aromatic amines is 4. The van der Waals surface area contributed by atoms with Crippen molar-refractivity contribution in [3.63, 3.8) is 0 Å². The molecule has 28 rings (SSSR count). The van der Waals surface area contributed by atoms with E-state index in [2.05, 4.69) is 223 Å². The zero-order valence-corrected chi connectivity index (χ0v) is 87.3. The first-order chi connectivity index (χ1) is 70.6. The number of fused-ring (bicyclic) bond motifs is 8. The van der Waals surface area contributed by atoms with Crippen LogP contribution >= 0.6 is 0 Å². The predicted octanol–water partition coefficient (Wildman–Crippen LogP) is 25.2. The van der Waals surface area contributed by atoms with E-state index in [9.17, 15) is 38.4 Å². The molecule has 6 amide bonds. The average Bonchev–Trinajstić information content (AvgIpc) is 1.61. The van der Waals surface area contributed by atoms with Gasteiger partial charge in [0.25, 0.3) is 0 Å². The number of Topliss-reactive ketones (excluding diaryl/α,β-unsaturated/α-hetero) is 2. The van der Waals surface area contributed by atoms with Crippen molar-refractivity contribution in [2.75, 3.05) is 14.2 Å². The van der Waals surface area contributed by atoms with Gasteiger partial charge >= 0.3 is 12.2 Å². The Morgan fingerprint density at radius 3 is 0.791 bits per heavy atom. The summed E-state index contributed by atoms with van der Waals surface area (Å²) in [4.78, 5) is 152. The molecule has 8 fully saturated rings. The number of methoxy groups -OCH3 is 2. The molecule has 24 heteroatoms. The van der Waals surface area contributed by atoms with Crippen LogP contribution in [-0.2, 0) is 89.6 Å². The second-order valence-corrected chi connectivity index (χ2v) is 46.0. The normalized spacial score (nSPS) is 23.3. The second kappa shape index (κ2) is 43.9. The van der Waals surface area contributed by atoms with E-state index >= 15 is 0 Å². The number of aryl methyl sites for hydroxylation is 8. The van der Waals surface area contributed by atoms with Gasteiger partial charge in [-0.15, -0.1) is 0 Å². The summed E-state index contributed by atoms with van der Waals surface area (Å²) >= 11 is 0. The predicted molar refractivity (Wildman–Crippen MR) is 585 cm³/mol. The highest BCUT2D eigenvalue weighted by Crippen LogP contribution is 2.54. The summed E-state index contributed by atoms with van der Waals surface area (Å²) in [5.41, 5.74) is 27.4. The lowest BCUT2D eigenvalue weighted by Gasteiger charge is -2.36. The lowest BCUT2D eigenvalue weighted by Crippen LogP contribution is -2.53. The maximum Gasteiger partial charge on any atom is 0.407 e. The Morgan fingerprint density at radius 2 is 0.561 bits per heavy atom. The lowest BCUT2D eigenvalue weighted by atomic mass is 9.84. The highest BCUT2D eigenvalue weighted by molar-refractivity contribution is 5.93. The summed E-state index contributed by atoms with van der Waals surface area (Å²) in [5.74, 6) is 4.57. The molecule has 16 aliphatic rings. The lowest BCUT2D eigenvalue weighted by molar-refractivity contribution is -0.143. The van der Waals surface area contributed by atoms with E-state index in [-0.39, 0.29) is 147 Å². The van der Waals surface area contributed by atoms with Crippen molar-refractivity contribution in [3.8, 4) is 44.5 Å². The first kappa shape index (κ1) is 104. The topological polar surface area (TPSA) is 307 Å². The molecule has 8 heterocycles. The van der Waals surface area contributed by atoms with Crippen molar-refractivity contribution in [2.45, 2.75) is 337 Å². The summed E-state index contributed by atoms with van der Waals surface area (Å²) < 4.78 is 9.87. The molecule has 780 valence electrons. The molecule has 4 aromatic heterocycles. The molecule has 4 saturated heterocycles. The number of nitrogens with zero attached hydrogens (tertiary/aromatic N) is 8. The molecule has 6 N–H and O–H groups in total. The van der Waals surface area contributed by atoms with Crippen LogP contribution in [0.2, 0.25) is 0 Å². The smallest absolute Gasteiger partial charge is 0.407 e. The molecule has 12 aliphatic carbocycles. The Bertz CT molecular complexity index is 6560. The van der Waals surface area contributed by atoms with E-state index in [1.807, 2.05) is 27.7 Å². The summed E-state index contributed by atoms with van der Waals surface area (Å²) in [6.45, 7) is 19.3. The highest BCUT2D eigenvalue weighted by Gasteiger charge is 2.54. The van der Waals surface area contributed by atoms with E-state index in [1.165, 1.54) is 107 Å². The quantitative estimate of drug-likeness (QED) is 0.0368. The SMILES string of the molecule is C.C.COC(=O)N[C@H](C(=O)N1[C@H](c2nc3ccc(-c4cc5ccc4CCc4ccc(c(-c6ccc7nc([C@@H]8C[C@@H]9CCCC[C@@H]9N8C(=O)[C@@H](CC(C)=O)C(C)C)[nH]c7c6)c4)CC5)cc3[nH]2)C[C@@H]2CCCC[C@@H]21)C(C)C.COC(=O)N[C@H](C(=O)N1[C@H](c2nc3ccc(-c4cc5ccc4CCc4ccc(c(-c6ccc7nc([C@@H]8C[C@@H]9CCCC[C@@H]9N8C(=O)[C@@H](CC(C)=O)C(C)C)[nH]c7c6)c4)CC5)cc3[nH]2)C[C@@H]2CCCC[C@@H]21)C(C)C. The number of amides is 6. The number of likely N-dealkylation sites (tertiary alicyclic amines) is 4. The molecule has 0 radical (unpaired) electrons. The number of alkyl carbamates (subject to hydrolysis) is 2. The zero-order valence-electron chi connectivity index (χ0n) is 87.3. The summed E-state index contributed by atoms with van der Waals surface area (Å²) in [5, 5.41) is 5.68. The minimum atomic E-state index is -0.690. The first-order valence-corrected chi connectivity index (χ1v) is 55.1. The van der Waals surface area contributed by atoms with E-state index < -0.39 is 24.3 Å². The van der Waals surface area contributed by atoms with Gasteiger partial charge in [-0.3, -0.25) is 19.2 Å². The summed E-state index contributed by atoms with van der Waals surface area (Å²) in [6, 6.07) is 53.0. The number of ether oxygens (including phenoxy) is 2. The molecule has 8 aromatic carbocycles. The number of rotatable bonds is 22. The molecule has 4 saturated carbocycles. The summed E-state index contributed by atoms with van der Waals surface area (Å²) in [6.07, 6.45) is 27.5. The standard InChI is InChI=1S/2C61H73N7O5.2CH4/c2*1-34(2)45(27-36(5)69)59(70)67-52-13-9-7-11-43(52)32-54(67)57-62-48-25-23-41(30-50(48)64-57)46-28-37-15-19-39(46)20-16-38-18-22-40(21-17-37)47(29-38)42-24-26-49-51(31-42)65-58(63-49)55-33-44-12-8-10-14-53(44)68(55)60(71)56(35(3)4)66-61(72)73-6;;/h2*15,18-19,22-26,28-31,34-35,43-45,52-56H,7-14,16-17,20-21,27,32-33H2,1-6H3,(H,62,64)(H,63,65)(H,66,72);2*1H4/t2*43-,44-,45-,52-,53-,54-,55-,56-;;/m00../s1. The van der Waals surface area contributed by atoms with Crippen LogP contribution in [0.3, 0.4) is 0 Å². The molecule has 0 unspecified atom stereocenters. The molecule has 4 aliphatic heterocycles. The van der Waals surface area contributed by atoms with Crippen LogP contribution in [-0.4, -0.2) is 157 Å². The minimum absolute atomic E-state index is 0. The van der Waals surface area contributed by atoms with Crippen LogP contribution in [0.25, 0.3) is 88.6 Å². The number of ketones is 2. The van der Waals surface area contributed by atoms with Gasteiger partial charge in [0.05, 0.1) is 82.5 Å². The van der Waals surface area contributed by atoms with Crippen LogP contribution < -0.4 is 10.6 Å². The fraction of sp³-hybridized carbons (Fsp3) is 0.516. The van der Waals surface area contributed by atoms with Crippen molar-refractivity contribution < 1.29 is 47.8 Å². The molecule has 148 heavy (non-hydrogen) atoms. The number of imidazole rings is 4. The molecular weight excluding hydrogens is 1850 g/mol. The zero-order chi connectivity index (χ0) is 101. The number of carbonyl (C=O) groups excluding carboxylic acids is 8. The average molecular weight is 2000 g/mol. The van der Waals surface area contributed by atoms with Crippen LogP contribution in [0.4, 0.5) is 9.59 Å². The van der Waals surface area contributed by atoms with Gasteiger partial charge in [-0.1, -0.05) is 219 Å². The van der Waals surface area contributed by atoms with Crippen molar-refractivity contribution in [1.29, 1.82) is 0 Å². The maximum atomic E-state index is 14.5. The third-order valence-electron chi connectivity index (χ3n) is 35.3. The van der Waals surface area contributed by atoms with E-state index in [0.717, 1.165) is 244 Å². The Hall–Kier alpha value is -12.6. The van der Waals surface area contributed by atoms with Gasteiger partial charge in [0.15, 0.2) is 0 Å². The number of carbonyl (C=O) groups is 8. The number of hydrogen-bond acceptors (Lipinski definition) is 14. The Kier molecular flexibility index (Phi) is 30.8. The van der Waals surface area contributed by atoms with Crippen molar-refractivity contribution in [2.24, 2.45) is 59.2 Å². The number of benzene rings is 8. The van der Waals surface area contributed by atoms with Gasteiger partial charge in [-0.2, -0.15) is 0 Å². The monoisotopic (exact) mass is 2000 g/mol. The van der Waals surface area contributed by atoms with Crippen molar-refractivity contribution in [3.05, 3.63) is 213 Å². The van der Waals surface area contributed by atoms with Crippen molar-refractivity contribution in [1.82, 2.24) is 70.1 Å². The van der Waals surface area contributed by atoms with Crippen LogP contribution in [0, 0.1) is 59.2 Å². The van der Waals surface area contributed by atoms with Crippen LogP contribution in [0.5, 0.6) is 0 Å². The molecular formula is C124H154N14O10. The summed E-state index contributed by atoms with van der Waals surface area (Å²) in [7, 11) is 2.67. The van der Waals surface area contributed by atoms with E-state index in [4.69, 9.17) is 29.4 Å². The van der Waals surface area contributed by atoms with Gasteiger partial charge in [-0.25, -0.2) is 29.5 Å². The van der Waals surface area contributed by atoms with Crippen molar-refractivity contribution >= 4 is 91.5 Å². The molecule has 24 nitrogen and oxygen atoms in total. The Morgan fingerprint density at radius 1 is 0.318 bits per heavy atom. The van der Waals surface area contributed by atoms with Gasteiger partial charge in [-0.05, 0) is 327 Å². The van der Waals surface area contributed by atoms with Crippen LogP contribution in [0.1, 0.15) is 317 Å². The molecule has 8 bridgehead atoms. The van der Waals surface area contributed by atoms with Gasteiger partial charge < -0.3 is 69.2 Å². The molecule has 16 atom stereocenters. The fourth-order valence-corrected chi connectivity index (χ4v) is 27.6. The van der Waals surface area contributed by atoms with Gasteiger partial charge in [0, 0.05) is 48.8 Å². The highest BCUT2D eigenvalue weighted by atomic mass is 16.5.